The highest BCUT2D eigenvalue weighted by molar-refractivity contribution is 7.43. The molecule has 4 atom stereocenters. The number of hydrogen-bond acceptors (Lipinski definition) is 6. The molecule has 0 radical (unpaired) electrons. The van der Waals surface area contributed by atoms with Crippen LogP contribution < -0.4 is 5.50 Å². The third-order valence-corrected chi connectivity index (χ3v) is 2.15. The van der Waals surface area contributed by atoms with Gasteiger partial charge in [0.2, 0.25) is 0 Å². The second kappa shape index (κ2) is 4.43. The Bertz CT molecular complexity index is 146. The van der Waals surface area contributed by atoms with E-state index in [0.29, 0.717) is 0 Å². The minimum atomic E-state index is -1.98. The molecule has 7 heteroatoms. The lowest BCUT2D eigenvalue weighted by Gasteiger charge is -2.16. The molecule has 0 aromatic rings. The number of aliphatic hydroxyl groups excluding tert-OH is 2. The van der Waals surface area contributed by atoms with E-state index < -0.39 is 26.8 Å². The first kappa shape index (κ1) is 10.3. The van der Waals surface area contributed by atoms with E-state index in [1.807, 2.05) is 0 Å². The maximum absolute atomic E-state index is 9.33. The Balaban J connectivity index is 2.38. The zero-order valence-corrected chi connectivity index (χ0v) is 7.22. The van der Waals surface area contributed by atoms with Crippen LogP contribution in [0.3, 0.4) is 0 Å². The zero-order chi connectivity index (χ0) is 9.14. The summed E-state index contributed by atoms with van der Waals surface area (Å²) in [4.78, 5) is 8.68. The maximum Gasteiger partial charge on any atom is 0.250 e. The van der Waals surface area contributed by atoms with Crippen LogP contribution in [0, 0.1) is 0 Å². The lowest BCUT2D eigenvalue weighted by molar-refractivity contribution is -0.00315. The molecule has 0 bridgehead atoms. The molecule has 0 amide bonds. The van der Waals surface area contributed by atoms with E-state index in [4.69, 9.17) is 24.8 Å². The first-order chi connectivity index (χ1) is 5.65. The number of nitrogens with two attached hydrogens (primary N) is 1. The van der Waals surface area contributed by atoms with Gasteiger partial charge in [0.1, 0.15) is 18.3 Å². The molecular formula is C5H12NO5P. The normalized spacial score (nSPS) is 38.5. The summed E-state index contributed by atoms with van der Waals surface area (Å²) in [5, 5.41) is 18.0. The second-order valence-electron chi connectivity index (χ2n) is 2.49. The molecule has 0 aromatic heterocycles. The van der Waals surface area contributed by atoms with Crippen LogP contribution in [0.2, 0.25) is 0 Å². The quantitative estimate of drug-likeness (QED) is 0.402. The average Bonchev–Trinajstić information content (AvgIpc) is 2.32. The minimum absolute atomic E-state index is 0.142. The highest BCUT2D eigenvalue weighted by Gasteiger charge is 2.37. The van der Waals surface area contributed by atoms with Crippen molar-refractivity contribution in [1.29, 1.82) is 0 Å². The van der Waals surface area contributed by atoms with Gasteiger partial charge in [0.15, 0.2) is 0 Å². The van der Waals surface area contributed by atoms with E-state index in [1.165, 1.54) is 0 Å². The van der Waals surface area contributed by atoms with Crippen LogP contribution in [0.15, 0.2) is 0 Å². The Morgan fingerprint density at radius 2 is 2.33 bits per heavy atom. The van der Waals surface area contributed by atoms with Crippen molar-refractivity contribution in [2.75, 3.05) is 13.2 Å². The molecule has 1 saturated heterocycles. The minimum Gasteiger partial charge on any atom is -0.394 e. The van der Waals surface area contributed by atoms with Crippen molar-refractivity contribution in [3.63, 3.8) is 0 Å². The molecule has 1 rings (SSSR count). The summed E-state index contributed by atoms with van der Waals surface area (Å²) in [5.41, 5.74) is 4.99. The Morgan fingerprint density at radius 3 is 2.75 bits per heavy atom. The van der Waals surface area contributed by atoms with Gasteiger partial charge in [0, 0.05) is 0 Å². The number of aliphatic hydroxyl groups is 2. The molecule has 5 N–H and O–H groups in total. The lowest BCUT2D eigenvalue weighted by Crippen LogP contribution is -2.33. The van der Waals surface area contributed by atoms with E-state index in [2.05, 4.69) is 0 Å². The predicted octanol–water partition coefficient (Wildman–Crippen LogP) is -1.70. The summed E-state index contributed by atoms with van der Waals surface area (Å²) in [6.45, 7) is -0.127. The standard InChI is InChI=1S/C5H12NO5P/c6-12(9)11-4-2-10-3(1-7)5(4)8/h3-5,7-9H,1-2,6H2/t3-,4+,5-,12?/m1/s1. The molecule has 0 spiro atoms. The highest BCUT2D eigenvalue weighted by Crippen LogP contribution is 2.28. The van der Waals surface area contributed by atoms with Gasteiger partial charge in [-0.05, 0) is 0 Å². The van der Waals surface area contributed by atoms with Gasteiger partial charge in [-0.2, -0.15) is 0 Å². The maximum atomic E-state index is 9.33. The fourth-order valence-corrected chi connectivity index (χ4v) is 1.51. The fourth-order valence-electron chi connectivity index (χ4n) is 1.05. The summed E-state index contributed by atoms with van der Waals surface area (Å²) in [6, 6.07) is 0. The van der Waals surface area contributed by atoms with Crippen molar-refractivity contribution < 1.29 is 24.4 Å². The van der Waals surface area contributed by atoms with Gasteiger partial charge in [0.25, 0.3) is 8.53 Å². The Hall–Kier alpha value is 0.190. The fraction of sp³-hybridized carbons (Fsp3) is 1.00. The van der Waals surface area contributed by atoms with Crippen molar-refractivity contribution in [3.05, 3.63) is 0 Å². The second-order valence-corrected chi connectivity index (χ2v) is 3.31. The van der Waals surface area contributed by atoms with E-state index in [1.54, 1.807) is 0 Å². The first-order valence-corrected chi connectivity index (χ1v) is 4.74. The van der Waals surface area contributed by atoms with Gasteiger partial charge in [0.05, 0.1) is 13.2 Å². The van der Waals surface area contributed by atoms with Crippen LogP contribution in [0.5, 0.6) is 0 Å². The number of hydrogen-bond donors (Lipinski definition) is 4. The van der Waals surface area contributed by atoms with Crippen LogP contribution in [-0.2, 0) is 9.26 Å². The van der Waals surface area contributed by atoms with Crippen LogP contribution in [0.1, 0.15) is 0 Å². The van der Waals surface area contributed by atoms with Crippen molar-refractivity contribution in [1.82, 2.24) is 0 Å². The molecule has 1 aliphatic rings. The predicted molar refractivity (Wildman–Crippen MR) is 41.0 cm³/mol. The molecule has 1 fully saturated rings. The van der Waals surface area contributed by atoms with Gasteiger partial charge in [-0.15, -0.1) is 0 Å². The molecule has 1 unspecified atom stereocenters. The van der Waals surface area contributed by atoms with E-state index in [0.717, 1.165) is 0 Å². The van der Waals surface area contributed by atoms with Gasteiger partial charge in [-0.25, -0.2) is 0 Å². The molecular weight excluding hydrogens is 185 g/mol. The van der Waals surface area contributed by atoms with Crippen molar-refractivity contribution in [3.8, 4) is 0 Å². The Morgan fingerprint density at radius 1 is 1.67 bits per heavy atom. The van der Waals surface area contributed by atoms with Gasteiger partial charge >= 0.3 is 0 Å². The van der Waals surface area contributed by atoms with Crippen LogP contribution in [0.25, 0.3) is 0 Å². The summed E-state index contributed by atoms with van der Waals surface area (Å²) in [5.74, 6) is 0. The van der Waals surface area contributed by atoms with Gasteiger partial charge < -0.3 is 24.4 Å². The van der Waals surface area contributed by atoms with E-state index in [9.17, 15) is 5.11 Å². The zero-order valence-electron chi connectivity index (χ0n) is 6.33. The largest absolute Gasteiger partial charge is 0.394 e. The van der Waals surface area contributed by atoms with Crippen molar-refractivity contribution in [2.45, 2.75) is 18.3 Å². The Kier molecular flexibility index (Phi) is 3.79. The smallest absolute Gasteiger partial charge is 0.250 e. The summed E-state index contributed by atoms with van der Waals surface area (Å²) < 4.78 is 9.71. The monoisotopic (exact) mass is 197 g/mol. The van der Waals surface area contributed by atoms with Crippen molar-refractivity contribution >= 4 is 8.53 Å². The third kappa shape index (κ3) is 2.34. The SMILES string of the molecule is NP(O)O[C@H]1CO[C@H](CO)[C@H]1O. The topological polar surface area (TPSA) is 105 Å². The van der Waals surface area contributed by atoms with E-state index in [-0.39, 0.29) is 13.2 Å². The van der Waals surface area contributed by atoms with Gasteiger partial charge in [-0.3, -0.25) is 5.50 Å². The Labute approximate surface area is 70.9 Å². The van der Waals surface area contributed by atoms with Crippen LogP contribution in [0.4, 0.5) is 0 Å². The molecule has 1 aliphatic heterocycles. The highest BCUT2D eigenvalue weighted by atomic mass is 31.2. The third-order valence-electron chi connectivity index (χ3n) is 1.66. The summed E-state index contributed by atoms with van der Waals surface area (Å²) in [7, 11) is -1.98. The molecule has 0 aliphatic carbocycles. The number of rotatable bonds is 3. The van der Waals surface area contributed by atoms with E-state index >= 15 is 0 Å². The van der Waals surface area contributed by atoms with Crippen LogP contribution in [-0.4, -0.2) is 46.6 Å². The van der Waals surface area contributed by atoms with Crippen molar-refractivity contribution in [2.24, 2.45) is 5.50 Å². The average molecular weight is 197 g/mol. The first-order valence-electron chi connectivity index (χ1n) is 3.46. The molecule has 1 heterocycles. The lowest BCUT2D eigenvalue weighted by atomic mass is 10.2. The molecule has 12 heavy (non-hydrogen) atoms. The summed E-state index contributed by atoms with van der Waals surface area (Å²) >= 11 is 0. The summed E-state index contributed by atoms with van der Waals surface area (Å²) in [6.07, 6.45) is -2.19. The molecule has 6 nitrogen and oxygen atoms in total. The van der Waals surface area contributed by atoms with Gasteiger partial charge in [-0.1, -0.05) is 0 Å². The van der Waals surface area contributed by atoms with Crippen LogP contribution >= 0.6 is 8.53 Å². The molecule has 0 aromatic carbocycles. The number of ether oxygens (including phenoxy) is 1. The molecule has 72 valence electrons. The molecule has 0 saturated carbocycles.